The van der Waals surface area contributed by atoms with Crippen LogP contribution in [0.3, 0.4) is 0 Å². The van der Waals surface area contributed by atoms with Crippen molar-refractivity contribution in [3.8, 4) is 0 Å². The Balaban J connectivity index is 1.25. The van der Waals surface area contributed by atoms with Crippen molar-refractivity contribution in [2.75, 3.05) is 20.2 Å². The van der Waals surface area contributed by atoms with Crippen molar-refractivity contribution in [1.82, 2.24) is 10.6 Å². The van der Waals surface area contributed by atoms with E-state index in [2.05, 4.69) is 46.0 Å². The summed E-state index contributed by atoms with van der Waals surface area (Å²) in [4.78, 5) is 4.56. The number of rotatable bonds is 4. The summed E-state index contributed by atoms with van der Waals surface area (Å²) in [5.41, 5.74) is 2.14. The standard InChI is InChI=1S/C22H31N3O/c1-23-20(24-15-21(12-13-21)16-7-3-2-4-8-16)25-18-17-9-14-26-19(17)22(18)10-5-6-11-22/h2-4,7-8,17-19H,5-6,9-15H2,1H3,(H2,23,24,25). The maximum absolute atomic E-state index is 6.12. The molecule has 1 saturated heterocycles. The fraction of sp³-hybridized carbons (Fsp3) is 0.682. The van der Waals surface area contributed by atoms with E-state index < -0.39 is 0 Å². The average molecular weight is 354 g/mol. The number of nitrogens with zero attached hydrogens (tertiary/aromatic N) is 1. The SMILES string of the molecule is CN=C(NCC1(c2ccccc2)CC1)NC1C2CCOC2C12CCCC2. The van der Waals surface area contributed by atoms with E-state index in [9.17, 15) is 0 Å². The number of hydrogen-bond donors (Lipinski definition) is 2. The third-order valence-electron chi connectivity index (χ3n) is 7.64. The zero-order chi connectivity index (χ0) is 17.6. The Morgan fingerprint density at radius 2 is 1.92 bits per heavy atom. The van der Waals surface area contributed by atoms with Crippen molar-refractivity contribution in [3.63, 3.8) is 0 Å². The van der Waals surface area contributed by atoms with Crippen molar-refractivity contribution in [2.24, 2.45) is 16.3 Å². The number of nitrogens with one attached hydrogen (secondary N) is 2. The number of ether oxygens (including phenoxy) is 1. The van der Waals surface area contributed by atoms with E-state index in [0.717, 1.165) is 19.1 Å². The van der Waals surface area contributed by atoms with Gasteiger partial charge in [0.05, 0.1) is 6.10 Å². The van der Waals surface area contributed by atoms with E-state index in [1.807, 2.05) is 7.05 Å². The van der Waals surface area contributed by atoms with E-state index in [-0.39, 0.29) is 0 Å². The van der Waals surface area contributed by atoms with Gasteiger partial charge in [-0.25, -0.2) is 0 Å². The Hall–Kier alpha value is -1.55. The summed E-state index contributed by atoms with van der Waals surface area (Å²) in [5.74, 6) is 1.66. The first-order chi connectivity index (χ1) is 12.8. The molecule has 3 aliphatic carbocycles. The molecule has 1 aliphatic heterocycles. The first-order valence-electron chi connectivity index (χ1n) is 10.4. The molecule has 5 rings (SSSR count). The fourth-order valence-corrected chi connectivity index (χ4v) is 6.01. The second kappa shape index (κ2) is 6.26. The van der Waals surface area contributed by atoms with Gasteiger partial charge in [-0.1, -0.05) is 43.2 Å². The van der Waals surface area contributed by atoms with Crippen LogP contribution in [0.2, 0.25) is 0 Å². The van der Waals surface area contributed by atoms with Gasteiger partial charge in [-0.15, -0.1) is 0 Å². The number of guanidine groups is 1. The Bertz CT molecular complexity index is 676. The number of benzene rings is 1. The fourth-order valence-electron chi connectivity index (χ4n) is 6.01. The normalized spacial score (nSPS) is 33.6. The lowest BCUT2D eigenvalue weighted by Gasteiger charge is -2.57. The quantitative estimate of drug-likeness (QED) is 0.645. The molecule has 140 valence electrons. The Kier molecular flexibility index (Phi) is 4.00. The number of fused-ring (bicyclic) bond motifs is 2. The minimum atomic E-state index is 0.308. The zero-order valence-corrected chi connectivity index (χ0v) is 15.8. The summed E-state index contributed by atoms with van der Waals surface area (Å²) < 4.78 is 6.12. The molecule has 3 atom stereocenters. The molecule has 3 saturated carbocycles. The smallest absolute Gasteiger partial charge is 0.191 e. The molecular formula is C22H31N3O. The Morgan fingerprint density at radius 1 is 1.15 bits per heavy atom. The molecule has 0 amide bonds. The molecule has 1 heterocycles. The molecule has 0 aromatic heterocycles. The van der Waals surface area contributed by atoms with Gasteiger partial charge in [-0.3, -0.25) is 4.99 Å². The van der Waals surface area contributed by atoms with Gasteiger partial charge < -0.3 is 15.4 Å². The van der Waals surface area contributed by atoms with Gasteiger partial charge in [0.15, 0.2) is 5.96 Å². The van der Waals surface area contributed by atoms with Crippen molar-refractivity contribution >= 4 is 5.96 Å². The van der Waals surface area contributed by atoms with Crippen molar-refractivity contribution < 1.29 is 4.74 Å². The molecule has 4 nitrogen and oxygen atoms in total. The summed E-state index contributed by atoms with van der Waals surface area (Å²) in [6.45, 7) is 1.92. The molecule has 26 heavy (non-hydrogen) atoms. The van der Waals surface area contributed by atoms with Crippen LogP contribution in [0.25, 0.3) is 0 Å². The van der Waals surface area contributed by atoms with Crippen LogP contribution >= 0.6 is 0 Å². The summed E-state index contributed by atoms with van der Waals surface area (Å²) in [6.07, 6.45) is 9.59. The van der Waals surface area contributed by atoms with Crippen molar-refractivity contribution in [1.29, 1.82) is 0 Å². The highest BCUT2D eigenvalue weighted by Gasteiger charge is 2.65. The van der Waals surface area contributed by atoms with E-state index in [1.165, 1.54) is 50.5 Å². The van der Waals surface area contributed by atoms with E-state index >= 15 is 0 Å². The van der Waals surface area contributed by atoms with Crippen molar-refractivity contribution in [2.45, 2.75) is 62.5 Å². The lowest BCUT2D eigenvalue weighted by Crippen LogP contribution is -2.69. The highest BCUT2D eigenvalue weighted by molar-refractivity contribution is 5.80. The maximum Gasteiger partial charge on any atom is 0.191 e. The maximum atomic E-state index is 6.12. The van der Waals surface area contributed by atoms with Crippen LogP contribution in [0.5, 0.6) is 0 Å². The first kappa shape index (κ1) is 16.6. The van der Waals surface area contributed by atoms with Crippen LogP contribution in [0.1, 0.15) is 50.5 Å². The predicted octanol–water partition coefficient (Wildman–Crippen LogP) is 3.23. The van der Waals surface area contributed by atoms with Gasteiger partial charge in [-0.05, 0) is 37.7 Å². The highest BCUT2D eigenvalue weighted by Crippen LogP contribution is 2.60. The summed E-state index contributed by atoms with van der Waals surface area (Å²) in [5, 5.41) is 7.47. The van der Waals surface area contributed by atoms with Crippen LogP contribution in [-0.2, 0) is 10.2 Å². The van der Waals surface area contributed by atoms with Gasteiger partial charge in [0.1, 0.15) is 0 Å². The highest BCUT2D eigenvalue weighted by atomic mass is 16.5. The third kappa shape index (κ3) is 2.49. The number of aliphatic imine (C=N–C) groups is 1. The molecule has 3 unspecified atom stereocenters. The minimum absolute atomic E-state index is 0.308. The monoisotopic (exact) mass is 353 g/mol. The number of hydrogen-bond acceptors (Lipinski definition) is 2. The zero-order valence-electron chi connectivity index (χ0n) is 15.8. The second-order valence-corrected chi connectivity index (χ2v) is 8.88. The van der Waals surface area contributed by atoms with Crippen LogP contribution in [0.15, 0.2) is 35.3 Å². The van der Waals surface area contributed by atoms with Crippen molar-refractivity contribution in [3.05, 3.63) is 35.9 Å². The van der Waals surface area contributed by atoms with Gasteiger partial charge in [0.25, 0.3) is 0 Å². The first-order valence-corrected chi connectivity index (χ1v) is 10.4. The molecule has 1 aromatic rings. The topological polar surface area (TPSA) is 45.7 Å². The summed E-state index contributed by atoms with van der Waals surface area (Å²) >= 11 is 0. The molecule has 4 heteroatoms. The third-order valence-corrected chi connectivity index (χ3v) is 7.64. The largest absolute Gasteiger partial charge is 0.377 e. The van der Waals surface area contributed by atoms with E-state index in [0.29, 0.717) is 28.9 Å². The predicted molar refractivity (Wildman–Crippen MR) is 104 cm³/mol. The van der Waals surface area contributed by atoms with Crippen LogP contribution < -0.4 is 10.6 Å². The lowest BCUT2D eigenvalue weighted by atomic mass is 9.54. The molecule has 4 fully saturated rings. The van der Waals surface area contributed by atoms with E-state index in [4.69, 9.17) is 4.74 Å². The average Bonchev–Trinajstić information content (AvgIpc) is 3.09. The molecule has 2 N–H and O–H groups in total. The molecule has 1 spiro atoms. The van der Waals surface area contributed by atoms with Gasteiger partial charge in [0, 0.05) is 43.0 Å². The Labute approximate surface area is 156 Å². The lowest BCUT2D eigenvalue weighted by molar-refractivity contribution is -0.125. The van der Waals surface area contributed by atoms with Crippen LogP contribution in [0, 0.1) is 11.3 Å². The molecule has 1 aromatic carbocycles. The second-order valence-electron chi connectivity index (χ2n) is 8.88. The van der Waals surface area contributed by atoms with Crippen LogP contribution in [-0.4, -0.2) is 38.3 Å². The van der Waals surface area contributed by atoms with Gasteiger partial charge >= 0.3 is 0 Å². The molecule has 0 radical (unpaired) electrons. The molecule has 4 aliphatic rings. The van der Waals surface area contributed by atoms with Gasteiger partial charge in [-0.2, -0.15) is 0 Å². The van der Waals surface area contributed by atoms with Crippen LogP contribution in [0.4, 0.5) is 0 Å². The van der Waals surface area contributed by atoms with E-state index in [1.54, 1.807) is 0 Å². The van der Waals surface area contributed by atoms with Gasteiger partial charge in [0.2, 0.25) is 0 Å². The Morgan fingerprint density at radius 3 is 2.62 bits per heavy atom. The minimum Gasteiger partial charge on any atom is -0.377 e. The summed E-state index contributed by atoms with van der Waals surface area (Å²) in [7, 11) is 1.90. The molecular weight excluding hydrogens is 322 g/mol. The summed E-state index contributed by atoms with van der Waals surface area (Å²) in [6, 6.07) is 11.5. The molecule has 0 bridgehead atoms.